The van der Waals surface area contributed by atoms with E-state index in [4.69, 9.17) is 0 Å². The van der Waals surface area contributed by atoms with E-state index in [0.717, 1.165) is 30.1 Å². The van der Waals surface area contributed by atoms with E-state index < -0.39 is 0 Å². The number of Topliss-reactive ketones (excluding diaryl/α,β-unsaturated/α-hetero) is 1. The van der Waals surface area contributed by atoms with Gasteiger partial charge in [0.1, 0.15) is 5.78 Å². The summed E-state index contributed by atoms with van der Waals surface area (Å²) in [6.45, 7) is 4.92. The lowest BCUT2D eigenvalue weighted by Gasteiger charge is -2.59. The van der Waals surface area contributed by atoms with Gasteiger partial charge in [-0.05, 0) is 74.0 Å². The van der Waals surface area contributed by atoms with E-state index in [9.17, 15) is 4.79 Å². The number of hydrogen-bond donors (Lipinski definition) is 0. The molecule has 0 spiro atoms. The Bertz CT molecular complexity index is 427. The van der Waals surface area contributed by atoms with Gasteiger partial charge in [0.05, 0.1) is 0 Å². The van der Waals surface area contributed by atoms with Crippen LogP contribution in [0.1, 0.15) is 78.1 Å². The van der Waals surface area contributed by atoms with Crippen molar-refractivity contribution in [3.63, 3.8) is 0 Å². The number of ketones is 1. The highest BCUT2D eigenvalue weighted by Gasteiger charge is 2.59. The van der Waals surface area contributed by atoms with Crippen molar-refractivity contribution in [2.75, 3.05) is 0 Å². The van der Waals surface area contributed by atoms with Gasteiger partial charge >= 0.3 is 0 Å². The molecule has 4 fully saturated rings. The number of hydrogen-bond acceptors (Lipinski definition) is 1. The van der Waals surface area contributed by atoms with Crippen LogP contribution in [0.25, 0.3) is 0 Å². The predicted octanol–water partition coefficient (Wildman–Crippen LogP) is 4.99. The summed E-state index contributed by atoms with van der Waals surface area (Å²) in [6, 6.07) is 0. The van der Waals surface area contributed by atoms with Gasteiger partial charge in [0, 0.05) is 11.8 Å². The smallest absolute Gasteiger partial charge is 0.139 e. The fourth-order valence-corrected chi connectivity index (χ4v) is 7.07. The molecule has 0 bridgehead atoms. The third-order valence-electron chi connectivity index (χ3n) is 8.29. The summed E-state index contributed by atoms with van der Waals surface area (Å²) in [4.78, 5) is 12.4. The van der Waals surface area contributed by atoms with Gasteiger partial charge in [0.2, 0.25) is 0 Å². The fourth-order valence-electron chi connectivity index (χ4n) is 7.07. The van der Waals surface area contributed by atoms with Crippen molar-refractivity contribution in [2.45, 2.75) is 78.1 Å². The normalized spacial score (nSPS) is 55.0. The first-order valence-corrected chi connectivity index (χ1v) is 9.09. The SMILES string of the molecule is C[C@]12CCC3C(CC[C@H]4CCCC[C@]34C)[C@@H]1CCC2=O. The molecule has 0 aromatic carbocycles. The maximum atomic E-state index is 12.4. The van der Waals surface area contributed by atoms with Gasteiger partial charge in [-0.3, -0.25) is 4.79 Å². The van der Waals surface area contributed by atoms with Crippen LogP contribution in [-0.2, 0) is 4.79 Å². The van der Waals surface area contributed by atoms with Crippen molar-refractivity contribution in [3.05, 3.63) is 0 Å². The van der Waals surface area contributed by atoms with Gasteiger partial charge in [-0.2, -0.15) is 0 Å². The molecule has 2 unspecified atom stereocenters. The fraction of sp³-hybridized carbons (Fsp3) is 0.947. The lowest BCUT2D eigenvalue weighted by molar-refractivity contribution is -0.138. The second-order valence-electron chi connectivity index (χ2n) is 8.82. The molecule has 0 aromatic heterocycles. The number of carbonyl (C=O) groups is 1. The molecule has 0 aliphatic heterocycles. The minimum Gasteiger partial charge on any atom is -0.299 e. The third-order valence-corrected chi connectivity index (χ3v) is 8.29. The number of carbonyl (C=O) groups excluding carboxylic acids is 1. The van der Waals surface area contributed by atoms with Gasteiger partial charge in [0.15, 0.2) is 0 Å². The van der Waals surface area contributed by atoms with E-state index in [-0.39, 0.29) is 5.41 Å². The molecular formula is C19H30O. The van der Waals surface area contributed by atoms with Crippen molar-refractivity contribution < 1.29 is 4.79 Å². The summed E-state index contributed by atoms with van der Waals surface area (Å²) in [7, 11) is 0. The van der Waals surface area contributed by atoms with Crippen LogP contribution in [0.4, 0.5) is 0 Å². The molecule has 112 valence electrons. The average molecular weight is 274 g/mol. The molecule has 20 heavy (non-hydrogen) atoms. The molecule has 4 aliphatic carbocycles. The second-order valence-corrected chi connectivity index (χ2v) is 8.82. The second kappa shape index (κ2) is 4.34. The van der Waals surface area contributed by atoms with Gasteiger partial charge in [-0.15, -0.1) is 0 Å². The summed E-state index contributed by atoms with van der Waals surface area (Å²) in [5, 5.41) is 0. The van der Waals surface area contributed by atoms with Crippen molar-refractivity contribution in [1.82, 2.24) is 0 Å². The van der Waals surface area contributed by atoms with Crippen LogP contribution in [0.5, 0.6) is 0 Å². The van der Waals surface area contributed by atoms with Crippen LogP contribution in [-0.4, -0.2) is 5.78 Å². The topological polar surface area (TPSA) is 17.1 Å². The molecule has 0 amide bonds. The minimum absolute atomic E-state index is 0.0685. The molecule has 1 heteroatoms. The van der Waals surface area contributed by atoms with Crippen molar-refractivity contribution in [3.8, 4) is 0 Å². The van der Waals surface area contributed by atoms with Crippen LogP contribution in [0, 0.1) is 34.5 Å². The molecular weight excluding hydrogens is 244 g/mol. The third kappa shape index (κ3) is 1.58. The maximum absolute atomic E-state index is 12.4. The van der Waals surface area contributed by atoms with Crippen LogP contribution in [0.15, 0.2) is 0 Å². The molecule has 6 atom stereocenters. The Morgan fingerprint density at radius 2 is 1.75 bits per heavy atom. The first-order valence-electron chi connectivity index (χ1n) is 9.09. The molecule has 0 saturated heterocycles. The minimum atomic E-state index is 0.0685. The van der Waals surface area contributed by atoms with Gasteiger partial charge in [-0.1, -0.05) is 26.7 Å². The summed E-state index contributed by atoms with van der Waals surface area (Å²) in [5.41, 5.74) is 0.688. The van der Waals surface area contributed by atoms with E-state index in [1.54, 1.807) is 0 Å². The van der Waals surface area contributed by atoms with E-state index >= 15 is 0 Å². The van der Waals surface area contributed by atoms with Crippen LogP contribution >= 0.6 is 0 Å². The zero-order valence-electron chi connectivity index (χ0n) is 13.3. The summed E-state index contributed by atoms with van der Waals surface area (Å²) in [5.74, 6) is 4.13. The van der Waals surface area contributed by atoms with Crippen molar-refractivity contribution in [2.24, 2.45) is 34.5 Å². The molecule has 4 rings (SSSR count). The number of rotatable bonds is 0. The Hall–Kier alpha value is -0.330. The van der Waals surface area contributed by atoms with E-state index in [0.29, 0.717) is 11.2 Å². The first-order chi connectivity index (χ1) is 9.56. The monoisotopic (exact) mass is 274 g/mol. The molecule has 4 aliphatic rings. The van der Waals surface area contributed by atoms with E-state index in [1.165, 1.54) is 57.8 Å². The highest BCUT2D eigenvalue weighted by atomic mass is 16.1. The maximum Gasteiger partial charge on any atom is 0.139 e. The van der Waals surface area contributed by atoms with Gasteiger partial charge < -0.3 is 0 Å². The van der Waals surface area contributed by atoms with Crippen molar-refractivity contribution in [1.29, 1.82) is 0 Å². The Labute approximate surface area is 123 Å². The lowest BCUT2D eigenvalue weighted by Crippen LogP contribution is -2.52. The standard InChI is InChI=1S/C19H30O/c1-18-11-4-3-5-13(18)6-7-14-15-8-9-17(20)19(15,2)12-10-16(14)18/h13-16H,3-12H2,1-2H3/t13-,14?,15+,16?,18+,19+/m1/s1. The Balaban J connectivity index is 1.66. The Morgan fingerprint density at radius 1 is 0.900 bits per heavy atom. The molecule has 0 aromatic rings. The summed E-state index contributed by atoms with van der Waals surface area (Å²) in [6.07, 6.45) is 13.4. The zero-order chi connectivity index (χ0) is 14.0. The Morgan fingerprint density at radius 3 is 2.60 bits per heavy atom. The largest absolute Gasteiger partial charge is 0.299 e. The molecule has 4 saturated carbocycles. The van der Waals surface area contributed by atoms with Crippen molar-refractivity contribution >= 4 is 5.78 Å². The van der Waals surface area contributed by atoms with Crippen LogP contribution in [0.3, 0.4) is 0 Å². The van der Waals surface area contributed by atoms with Gasteiger partial charge in [0.25, 0.3) is 0 Å². The highest BCUT2D eigenvalue weighted by Crippen LogP contribution is 2.65. The molecule has 0 N–H and O–H groups in total. The number of fused-ring (bicyclic) bond motifs is 5. The summed E-state index contributed by atoms with van der Waals surface area (Å²) < 4.78 is 0. The lowest BCUT2D eigenvalue weighted by atomic mass is 9.45. The Kier molecular flexibility index (Phi) is 2.89. The average Bonchev–Trinajstić information content (AvgIpc) is 2.74. The van der Waals surface area contributed by atoms with E-state index in [2.05, 4.69) is 13.8 Å². The zero-order valence-corrected chi connectivity index (χ0v) is 13.3. The highest BCUT2D eigenvalue weighted by molar-refractivity contribution is 5.87. The first kappa shape index (κ1) is 13.3. The molecule has 0 radical (unpaired) electrons. The quantitative estimate of drug-likeness (QED) is 0.608. The van der Waals surface area contributed by atoms with Crippen LogP contribution in [0.2, 0.25) is 0 Å². The molecule has 0 heterocycles. The van der Waals surface area contributed by atoms with Gasteiger partial charge in [-0.25, -0.2) is 0 Å². The predicted molar refractivity (Wildman–Crippen MR) is 81.4 cm³/mol. The van der Waals surface area contributed by atoms with E-state index in [1.807, 2.05) is 0 Å². The molecule has 1 nitrogen and oxygen atoms in total. The van der Waals surface area contributed by atoms with Crippen LogP contribution < -0.4 is 0 Å². The summed E-state index contributed by atoms with van der Waals surface area (Å²) >= 11 is 0.